The maximum Gasteiger partial charge on any atom is 0.329 e. The van der Waals surface area contributed by atoms with Gasteiger partial charge in [-0.1, -0.05) is 23.2 Å². The Morgan fingerprint density at radius 3 is 2.42 bits per heavy atom. The van der Waals surface area contributed by atoms with Gasteiger partial charge >= 0.3 is 5.97 Å². The van der Waals surface area contributed by atoms with E-state index in [0.717, 1.165) is 4.90 Å². The van der Waals surface area contributed by atoms with Gasteiger partial charge in [0.15, 0.2) is 0 Å². The molecule has 0 unspecified atom stereocenters. The minimum atomic E-state index is -1.13. The Hall–Kier alpha value is -0.910. The summed E-state index contributed by atoms with van der Waals surface area (Å²) < 4.78 is 0. The number of aliphatic carboxylic acids is 1. The average molecular weight is 320 g/mol. The van der Waals surface area contributed by atoms with Crippen molar-refractivity contribution in [3.63, 3.8) is 0 Å². The fraction of sp³-hybridized carbons (Fsp3) is 0.333. The van der Waals surface area contributed by atoms with Gasteiger partial charge < -0.3 is 10.4 Å². The molecule has 1 saturated carbocycles. The summed E-state index contributed by atoms with van der Waals surface area (Å²) in [6, 6.07) is 3.06. The number of thioether (sulfide) groups is 1. The van der Waals surface area contributed by atoms with Crippen LogP contribution in [0.1, 0.15) is 23.2 Å². The zero-order valence-electron chi connectivity index (χ0n) is 10.00. The van der Waals surface area contributed by atoms with Crippen LogP contribution in [-0.4, -0.2) is 28.8 Å². The number of halogens is 2. The second-order valence-electron chi connectivity index (χ2n) is 4.31. The number of hydrogen-bond acceptors (Lipinski definition) is 3. The van der Waals surface area contributed by atoms with Crippen LogP contribution < -0.4 is 5.32 Å². The van der Waals surface area contributed by atoms with E-state index in [9.17, 15) is 9.59 Å². The van der Waals surface area contributed by atoms with Gasteiger partial charge in [0, 0.05) is 4.90 Å². The number of nitrogens with one attached hydrogen (secondary N) is 1. The van der Waals surface area contributed by atoms with Crippen molar-refractivity contribution in [2.45, 2.75) is 23.3 Å². The summed E-state index contributed by atoms with van der Waals surface area (Å²) in [6.45, 7) is 0. The van der Waals surface area contributed by atoms with E-state index in [-0.39, 0.29) is 10.6 Å². The Labute approximate surface area is 124 Å². The van der Waals surface area contributed by atoms with Crippen LogP contribution >= 0.6 is 35.0 Å². The zero-order valence-corrected chi connectivity index (χ0v) is 12.3. The minimum absolute atomic E-state index is 0.210. The van der Waals surface area contributed by atoms with E-state index >= 15 is 0 Å². The van der Waals surface area contributed by atoms with Gasteiger partial charge in [-0.2, -0.15) is 0 Å². The maximum atomic E-state index is 12.1. The predicted octanol–water partition coefficient (Wildman–Crippen LogP) is 3.06. The summed E-state index contributed by atoms with van der Waals surface area (Å²) in [5, 5.41) is 12.2. The number of hydrogen-bond donors (Lipinski definition) is 2. The molecule has 1 aliphatic carbocycles. The highest BCUT2D eigenvalue weighted by Crippen LogP contribution is 2.37. The number of carboxylic acid groups (broad SMARTS) is 1. The Bertz CT molecular complexity index is 558. The van der Waals surface area contributed by atoms with Crippen molar-refractivity contribution in [2.24, 2.45) is 0 Å². The summed E-state index contributed by atoms with van der Waals surface area (Å²) in [5.74, 6) is -1.51. The first-order chi connectivity index (χ1) is 8.89. The molecular weight excluding hydrogens is 309 g/mol. The van der Waals surface area contributed by atoms with Crippen LogP contribution in [0, 0.1) is 0 Å². The first kappa shape index (κ1) is 14.5. The molecule has 1 fully saturated rings. The molecule has 1 aromatic carbocycles. The first-order valence-corrected chi connectivity index (χ1v) is 7.46. The van der Waals surface area contributed by atoms with Gasteiger partial charge in [0.25, 0.3) is 5.91 Å². The van der Waals surface area contributed by atoms with E-state index in [2.05, 4.69) is 5.32 Å². The van der Waals surface area contributed by atoms with E-state index in [1.165, 1.54) is 17.8 Å². The van der Waals surface area contributed by atoms with E-state index in [1.807, 2.05) is 6.26 Å². The molecule has 2 N–H and O–H groups in total. The lowest BCUT2D eigenvalue weighted by molar-refractivity contribution is -0.140. The molecule has 0 aromatic heterocycles. The Balaban J connectivity index is 2.27. The number of rotatable bonds is 4. The lowest BCUT2D eigenvalue weighted by atomic mass is 10.2. The van der Waals surface area contributed by atoms with Crippen LogP contribution in [0.25, 0.3) is 0 Å². The molecule has 1 aliphatic rings. The molecule has 0 aliphatic heterocycles. The topological polar surface area (TPSA) is 66.4 Å². The van der Waals surface area contributed by atoms with Crippen LogP contribution in [0.15, 0.2) is 17.0 Å². The summed E-state index contributed by atoms with van der Waals surface area (Å²) >= 11 is 13.3. The van der Waals surface area contributed by atoms with Crippen molar-refractivity contribution in [3.05, 3.63) is 27.7 Å². The fourth-order valence-electron chi connectivity index (χ4n) is 1.66. The third kappa shape index (κ3) is 2.83. The van der Waals surface area contributed by atoms with Gasteiger partial charge in [0.2, 0.25) is 0 Å². The van der Waals surface area contributed by atoms with Crippen LogP contribution in [0.4, 0.5) is 0 Å². The highest BCUT2D eigenvalue weighted by Gasteiger charge is 2.51. The van der Waals surface area contributed by atoms with Crippen molar-refractivity contribution in [1.29, 1.82) is 0 Å². The average Bonchev–Trinajstić information content (AvgIpc) is 3.10. The zero-order chi connectivity index (χ0) is 14.2. The third-order valence-electron chi connectivity index (χ3n) is 3.00. The lowest BCUT2D eigenvalue weighted by Gasteiger charge is -2.14. The van der Waals surface area contributed by atoms with E-state index in [0.29, 0.717) is 17.9 Å². The smallest absolute Gasteiger partial charge is 0.329 e. The largest absolute Gasteiger partial charge is 0.480 e. The van der Waals surface area contributed by atoms with Gasteiger partial charge in [-0.15, -0.1) is 11.8 Å². The van der Waals surface area contributed by atoms with Crippen LogP contribution in [-0.2, 0) is 4.79 Å². The fourth-order valence-corrected chi connectivity index (χ4v) is 2.85. The van der Waals surface area contributed by atoms with Crippen LogP contribution in [0.5, 0.6) is 0 Å². The molecule has 1 amide bonds. The van der Waals surface area contributed by atoms with E-state index in [4.69, 9.17) is 28.3 Å². The summed E-state index contributed by atoms with van der Waals surface area (Å²) in [6.07, 6.45) is 2.71. The molecule has 0 radical (unpaired) electrons. The number of carbonyl (C=O) groups excluding carboxylic acids is 1. The normalized spacial score (nSPS) is 15.9. The quantitative estimate of drug-likeness (QED) is 0.837. The van der Waals surface area contributed by atoms with Crippen molar-refractivity contribution >= 4 is 46.8 Å². The number of carboxylic acids is 1. The van der Waals surface area contributed by atoms with E-state index in [1.54, 1.807) is 6.07 Å². The first-order valence-electron chi connectivity index (χ1n) is 5.48. The molecule has 0 heterocycles. The standard InChI is InChI=1S/C12H11Cl2NO3S/c1-19-9-4-6(7(13)5-8(9)14)10(16)15-12(2-3-12)11(17)18/h4-5H,2-3H2,1H3,(H,15,16)(H,17,18). The molecule has 0 saturated heterocycles. The summed E-state index contributed by atoms with van der Waals surface area (Å²) in [5.41, 5.74) is -0.887. The van der Waals surface area contributed by atoms with Crippen molar-refractivity contribution in [2.75, 3.05) is 6.26 Å². The third-order valence-corrected chi connectivity index (χ3v) is 4.51. The number of benzene rings is 1. The molecule has 7 heteroatoms. The van der Waals surface area contributed by atoms with Crippen molar-refractivity contribution < 1.29 is 14.7 Å². The Kier molecular flexibility index (Phi) is 3.99. The van der Waals surface area contributed by atoms with Gasteiger partial charge in [-0.25, -0.2) is 4.79 Å². The van der Waals surface area contributed by atoms with Gasteiger partial charge in [0.1, 0.15) is 5.54 Å². The molecule has 0 atom stereocenters. The Morgan fingerprint density at radius 1 is 1.32 bits per heavy atom. The molecule has 19 heavy (non-hydrogen) atoms. The SMILES string of the molecule is CSc1cc(C(=O)NC2(C(=O)O)CC2)c(Cl)cc1Cl. The molecule has 0 bridgehead atoms. The molecule has 0 spiro atoms. The van der Waals surface area contributed by atoms with Gasteiger partial charge in [0.05, 0.1) is 15.6 Å². The predicted molar refractivity (Wildman–Crippen MR) is 75.3 cm³/mol. The number of amides is 1. The highest BCUT2D eigenvalue weighted by molar-refractivity contribution is 7.98. The van der Waals surface area contributed by atoms with Crippen LogP contribution in [0.3, 0.4) is 0 Å². The van der Waals surface area contributed by atoms with Gasteiger partial charge in [-0.05, 0) is 31.2 Å². The maximum absolute atomic E-state index is 12.1. The molecular formula is C12H11Cl2NO3S. The number of carbonyl (C=O) groups is 2. The second-order valence-corrected chi connectivity index (χ2v) is 5.97. The lowest BCUT2D eigenvalue weighted by Crippen LogP contribution is -2.43. The van der Waals surface area contributed by atoms with Crippen LogP contribution in [0.2, 0.25) is 10.0 Å². The highest BCUT2D eigenvalue weighted by atomic mass is 35.5. The second kappa shape index (κ2) is 5.23. The molecule has 2 rings (SSSR count). The van der Waals surface area contributed by atoms with Crippen molar-refractivity contribution in [3.8, 4) is 0 Å². The summed E-state index contributed by atoms with van der Waals surface area (Å²) in [4.78, 5) is 23.9. The molecule has 4 nitrogen and oxygen atoms in total. The van der Waals surface area contributed by atoms with Crippen molar-refractivity contribution in [1.82, 2.24) is 5.32 Å². The van der Waals surface area contributed by atoms with E-state index < -0.39 is 17.4 Å². The Morgan fingerprint density at radius 2 is 1.95 bits per heavy atom. The van der Waals surface area contributed by atoms with Gasteiger partial charge in [-0.3, -0.25) is 4.79 Å². The minimum Gasteiger partial charge on any atom is -0.480 e. The summed E-state index contributed by atoms with van der Waals surface area (Å²) in [7, 11) is 0. The molecule has 1 aromatic rings. The monoisotopic (exact) mass is 319 g/mol. The molecule has 102 valence electrons.